The first-order chi connectivity index (χ1) is 9.60. The highest BCUT2D eigenvalue weighted by Gasteiger charge is 2.05. The van der Waals surface area contributed by atoms with Crippen LogP contribution in [-0.4, -0.2) is 6.61 Å². The molecule has 0 aliphatic carbocycles. The maximum absolute atomic E-state index is 13.1. The summed E-state index contributed by atoms with van der Waals surface area (Å²) in [5.41, 5.74) is 4.15. The fourth-order valence-electron chi connectivity index (χ4n) is 2.10. The van der Waals surface area contributed by atoms with Crippen molar-refractivity contribution in [3.8, 4) is 5.75 Å². The molecule has 0 spiro atoms. The highest BCUT2D eigenvalue weighted by Crippen LogP contribution is 2.26. The molecule has 0 aliphatic heterocycles. The Hall–Kier alpha value is -2.03. The van der Waals surface area contributed by atoms with Crippen LogP contribution in [0.2, 0.25) is 0 Å². The van der Waals surface area contributed by atoms with Crippen molar-refractivity contribution < 1.29 is 9.13 Å². The van der Waals surface area contributed by atoms with Gasteiger partial charge in [-0.05, 0) is 61.7 Å². The summed E-state index contributed by atoms with van der Waals surface area (Å²) in [6, 6.07) is 10.9. The summed E-state index contributed by atoms with van der Waals surface area (Å²) in [6.45, 7) is 7.20. The van der Waals surface area contributed by atoms with E-state index in [9.17, 15) is 4.39 Å². The molecular weight excluding hydrogens is 253 g/mol. The van der Waals surface area contributed by atoms with E-state index in [0.717, 1.165) is 28.1 Å². The lowest BCUT2D eigenvalue weighted by molar-refractivity contribution is 0.341. The van der Waals surface area contributed by atoms with Crippen LogP contribution in [0.5, 0.6) is 5.75 Å². The number of rotatable bonds is 5. The van der Waals surface area contributed by atoms with Crippen LogP contribution in [-0.2, 0) is 6.54 Å². The number of aryl methyl sites for hydroxylation is 2. The third kappa shape index (κ3) is 3.50. The first-order valence-electron chi connectivity index (χ1n) is 6.82. The van der Waals surface area contributed by atoms with Crippen LogP contribution >= 0.6 is 0 Å². The van der Waals surface area contributed by atoms with Crippen LogP contribution in [0, 0.1) is 19.7 Å². The Balaban J connectivity index is 2.14. The van der Waals surface area contributed by atoms with E-state index in [2.05, 4.69) is 5.32 Å². The van der Waals surface area contributed by atoms with Gasteiger partial charge in [0.25, 0.3) is 0 Å². The Labute approximate surface area is 119 Å². The fourth-order valence-corrected chi connectivity index (χ4v) is 2.10. The SMILES string of the molecule is CCOc1cc(C)ccc1NCc1ccc(F)cc1C. The molecular formula is C17H20FNO. The molecule has 0 heterocycles. The molecule has 0 radical (unpaired) electrons. The third-order valence-electron chi connectivity index (χ3n) is 3.21. The summed E-state index contributed by atoms with van der Waals surface area (Å²) in [7, 11) is 0. The van der Waals surface area contributed by atoms with Gasteiger partial charge in [-0.2, -0.15) is 0 Å². The number of benzene rings is 2. The molecule has 106 valence electrons. The lowest BCUT2D eigenvalue weighted by Crippen LogP contribution is -2.04. The predicted molar refractivity (Wildman–Crippen MR) is 80.8 cm³/mol. The second-order valence-corrected chi connectivity index (χ2v) is 4.86. The van der Waals surface area contributed by atoms with Gasteiger partial charge in [0.1, 0.15) is 11.6 Å². The molecule has 0 fully saturated rings. The smallest absolute Gasteiger partial charge is 0.142 e. The molecule has 3 heteroatoms. The molecule has 2 aromatic rings. The normalized spacial score (nSPS) is 10.4. The van der Waals surface area contributed by atoms with Crippen molar-refractivity contribution in [1.29, 1.82) is 0 Å². The van der Waals surface area contributed by atoms with E-state index in [0.29, 0.717) is 13.2 Å². The van der Waals surface area contributed by atoms with Gasteiger partial charge < -0.3 is 10.1 Å². The van der Waals surface area contributed by atoms with Gasteiger partial charge in [0.05, 0.1) is 12.3 Å². The van der Waals surface area contributed by atoms with Crippen LogP contribution in [0.15, 0.2) is 36.4 Å². The average molecular weight is 273 g/mol. The second-order valence-electron chi connectivity index (χ2n) is 4.86. The zero-order valence-electron chi connectivity index (χ0n) is 12.2. The number of halogens is 1. The quantitative estimate of drug-likeness (QED) is 0.868. The molecule has 0 aliphatic rings. The number of anilines is 1. The monoisotopic (exact) mass is 273 g/mol. The number of hydrogen-bond donors (Lipinski definition) is 1. The lowest BCUT2D eigenvalue weighted by atomic mass is 10.1. The maximum atomic E-state index is 13.1. The van der Waals surface area contributed by atoms with Crippen molar-refractivity contribution in [3.05, 3.63) is 58.9 Å². The lowest BCUT2D eigenvalue weighted by Gasteiger charge is -2.14. The zero-order chi connectivity index (χ0) is 14.5. The molecule has 2 rings (SSSR count). The molecule has 2 nitrogen and oxygen atoms in total. The standard InChI is InChI=1S/C17H20FNO/c1-4-20-17-9-12(2)5-8-16(17)19-11-14-6-7-15(18)10-13(14)3/h5-10,19H,4,11H2,1-3H3. The zero-order valence-corrected chi connectivity index (χ0v) is 12.2. The fraction of sp³-hybridized carbons (Fsp3) is 0.294. The van der Waals surface area contributed by atoms with E-state index in [4.69, 9.17) is 4.74 Å². The van der Waals surface area contributed by atoms with Crippen molar-refractivity contribution in [2.45, 2.75) is 27.3 Å². The molecule has 0 atom stereocenters. The van der Waals surface area contributed by atoms with Crippen LogP contribution in [0.3, 0.4) is 0 Å². The highest BCUT2D eigenvalue weighted by atomic mass is 19.1. The van der Waals surface area contributed by atoms with E-state index in [1.807, 2.05) is 45.0 Å². The molecule has 0 unspecified atom stereocenters. The van der Waals surface area contributed by atoms with Gasteiger partial charge >= 0.3 is 0 Å². The molecule has 2 aromatic carbocycles. The summed E-state index contributed by atoms with van der Waals surface area (Å²) in [5.74, 6) is 0.656. The van der Waals surface area contributed by atoms with Gasteiger partial charge in [-0.3, -0.25) is 0 Å². The molecule has 0 bridgehead atoms. The molecule has 1 N–H and O–H groups in total. The van der Waals surface area contributed by atoms with Gasteiger partial charge in [0.2, 0.25) is 0 Å². The summed E-state index contributed by atoms with van der Waals surface area (Å²) in [6.07, 6.45) is 0. The van der Waals surface area contributed by atoms with E-state index >= 15 is 0 Å². The Morgan fingerprint density at radius 2 is 1.90 bits per heavy atom. The van der Waals surface area contributed by atoms with Gasteiger partial charge in [-0.25, -0.2) is 4.39 Å². The summed E-state index contributed by atoms with van der Waals surface area (Å²) in [5, 5.41) is 3.35. The van der Waals surface area contributed by atoms with Crippen molar-refractivity contribution in [1.82, 2.24) is 0 Å². The Morgan fingerprint density at radius 1 is 1.10 bits per heavy atom. The minimum Gasteiger partial charge on any atom is -0.492 e. The molecule has 20 heavy (non-hydrogen) atoms. The van der Waals surface area contributed by atoms with Gasteiger partial charge in [0.15, 0.2) is 0 Å². The molecule has 0 saturated carbocycles. The minimum atomic E-state index is -0.198. The Bertz CT molecular complexity index is 596. The topological polar surface area (TPSA) is 21.3 Å². The largest absolute Gasteiger partial charge is 0.492 e. The van der Waals surface area contributed by atoms with E-state index in [-0.39, 0.29) is 5.82 Å². The Morgan fingerprint density at radius 3 is 2.60 bits per heavy atom. The van der Waals surface area contributed by atoms with Gasteiger partial charge in [-0.1, -0.05) is 12.1 Å². The summed E-state index contributed by atoms with van der Waals surface area (Å²) >= 11 is 0. The van der Waals surface area contributed by atoms with Gasteiger partial charge in [0, 0.05) is 6.54 Å². The minimum absolute atomic E-state index is 0.198. The van der Waals surface area contributed by atoms with Crippen molar-refractivity contribution >= 4 is 5.69 Å². The van der Waals surface area contributed by atoms with Crippen molar-refractivity contribution in [2.24, 2.45) is 0 Å². The first kappa shape index (κ1) is 14.4. The molecule has 0 amide bonds. The van der Waals surface area contributed by atoms with E-state index < -0.39 is 0 Å². The summed E-state index contributed by atoms with van der Waals surface area (Å²) in [4.78, 5) is 0. The van der Waals surface area contributed by atoms with Gasteiger partial charge in [-0.15, -0.1) is 0 Å². The number of ether oxygens (including phenoxy) is 1. The molecule has 0 saturated heterocycles. The van der Waals surface area contributed by atoms with Crippen molar-refractivity contribution in [2.75, 3.05) is 11.9 Å². The number of nitrogens with one attached hydrogen (secondary N) is 1. The van der Waals surface area contributed by atoms with Crippen LogP contribution in [0.25, 0.3) is 0 Å². The molecule has 0 aromatic heterocycles. The van der Waals surface area contributed by atoms with Crippen LogP contribution in [0.4, 0.5) is 10.1 Å². The average Bonchev–Trinajstić information content (AvgIpc) is 2.40. The van der Waals surface area contributed by atoms with Crippen LogP contribution in [0.1, 0.15) is 23.6 Å². The third-order valence-corrected chi connectivity index (χ3v) is 3.21. The number of hydrogen-bond acceptors (Lipinski definition) is 2. The highest BCUT2D eigenvalue weighted by molar-refractivity contribution is 5.58. The maximum Gasteiger partial charge on any atom is 0.142 e. The van der Waals surface area contributed by atoms with Crippen LogP contribution < -0.4 is 10.1 Å². The van der Waals surface area contributed by atoms with Crippen molar-refractivity contribution in [3.63, 3.8) is 0 Å². The first-order valence-corrected chi connectivity index (χ1v) is 6.82. The van der Waals surface area contributed by atoms with E-state index in [1.165, 1.54) is 6.07 Å². The Kier molecular flexibility index (Phi) is 4.61. The second kappa shape index (κ2) is 6.42. The predicted octanol–water partition coefficient (Wildman–Crippen LogP) is 4.45. The summed E-state index contributed by atoms with van der Waals surface area (Å²) < 4.78 is 18.7. The van der Waals surface area contributed by atoms with E-state index in [1.54, 1.807) is 6.07 Å².